The largest absolute Gasteiger partial charge is 0.508 e. The third-order valence-corrected chi connectivity index (χ3v) is 2.55. The monoisotopic (exact) mass is 266 g/mol. The van der Waals surface area contributed by atoms with Crippen molar-refractivity contribution in [3.63, 3.8) is 0 Å². The van der Waals surface area contributed by atoms with Gasteiger partial charge in [-0.25, -0.2) is 4.79 Å². The van der Waals surface area contributed by atoms with Gasteiger partial charge in [-0.05, 0) is 6.92 Å². The quantitative estimate of drug-likeness (QED) is 0.533. The zero-order valence-corrected chi connectivity index (χ0v) is 10.2. The van der Waals surface area contributed by atoms with E-state index in [2.05, 4.69) is 4.74 Å². The van der Waals surface area contributed by atoms with Crippen LogP contribution in [-0.4, -0.2) is 72.5 Å². The van der Waals surface area contributed by atoms with Crippen molar-refractivity contribution in [2.45, 2.75) is 37.6 Å². The maximum atomic E-state index is 11.2. The Kier molecular flexibility index (Phi) is 5.76. The first kappa shape index (κ1) is 15.1. The van der Waals surface area contributed by atoms with E-state index < -0.39 is 43.5 Å². The summed E-state index contributed by atoms with van der Waals surface area (Å²) in [4.78, 5) is 11.2. The molecule has 0 unspecified atom stereocenters. The number of ether oxygens (including phenoxy) is 4. The van der Waals surface area contributed by atoms with Crippen LogP contribution < -0.4 is 0 Å². The molecule has 1 saturated heterocycles. The molecule has 18 heavy (non-hydrogen) atoms. The van der Waals surface area contributed by atoms with Gasteiger partial charge in [0.25, 0.3) is 0 Å². The van der Waals surface area contributed by atoms with E-state index in [1.807, 2.05) is 0 Å². The van der Waals surface area contributed by atoms with Gasteiger partial charge in [0.15, 0.2) is 12.4 Å². The fourth-order valence-corrected chi connectivity index (χ4v) is 1.63. The van der Waals surface area contributed by atoms with Crippen LogP contribution in [0.2, 0.25) is 0 Å². The molecule has 0 bridgehead atoms. The van der Waals surface area contributed by atoms with E-state index in [1.54, 1.807) is 6.92 Å². The van der Waals surface area contributed by atoms with Gasteiger partial charge in [-0.2, -0.15) is 0 Å². The first-order valence-corrected chi connectivity index (χ1v) is 5.53. The summed E-state index contributed by atoms with van der Waals surface area (Å²) in [6.45, 7) is 1.21. The summed E-state index contributed by atoms with van der Waals surface area (Å²) < 4.78 is 19.4. The van der Waals surface area contributed by atoms with Crippen LogP contribution in [0.15, 0.2) is 0 Å². The van der Waals surface area contributed by atoms with E-state index >= 15 is 0 Å². The minimum absolute atomic E-state index is 0.113. The molecule has 1 aliphatic rings. The maximum Gasteiger partial charge on any atom is 0.508 e. The van der Waals surface area contributed by atoms with Gasteiger partial charge in [0.1, 0.15) is 18.3 Å². The zero-order chi connectivity index (χ0) is 13.7. The molecule has 5 atom stereocenters. The van der Waals surface area contributed by atoms with E-state index in [0.717, 1.165) is 0 Å². The summed E-state index contributed by atoms with van der Waals surface area (Å²) in [6.07, 6.45) is -7.16. The van der Waals surface area contributed by atoms with Crippen LogP contribution in [0.4, 0.5) is 4.79 Å². The van der Waals surface area contributed by atoms with Crippen molar-refractivity contribution in [1.29, 1.82) is 0 Å². The molecule has 8 nitrogen and oxygen atoms in total. The highest BCUT2D eigenvalue weighted by Crippen LogP contribution is 2.24. The van der Waals surface area contributed by atoms with E-state index in [1.165, 1.54) is 7.11 Å². The van der Waals surface area contributed by atoms with Crippen LogP contribution in [0.5, 0.6) is 0 Å². The van der Waals surface area contributed by atoms with Gasteiger partial charge >= 0.3 is 6.16 Å². The summed E-state index contributed by atoms with van der Waals surface area (Å²) in [6, 6.07) is 0. The van der Waals surface area contributed by atoms with Crippen molar-refractivity contribution in [1.82, 2.24) is 0 Å². The molecule has 1 heterocycles. The Bertz CT molecular complexity index is 269. The second-order valence-corrected chi connectivity index (χ2v) is 3.71. The Labute approximate surface area is 104 Å². The fraction of sp³-hybridized carbons (Fsp3) is 0.900. The van der Waals surface area contributed by atoms with Crippen molar-refractivity contribution in [3.8, 4) is 0 Å². The van der Waals surface area contributed by atoms with Gasteiger partial charge in [0.2, 0.25) is 0 Å². The average Bonchev–Trinajstić information content (AvgIpc) is 2.36. The maximum absolute atomic E-state index is 11.2. The molecule has 1 aliphatic heterocycles. The molecule has 1 rings (SSSR count). The summed E-state index contributed by atoms with van der Waals surface area (Å²) in [5, 5.41) is 28.4. The number of rotatable bonds is 4. The van der Waals surface area contributed by atoms with Crippen molar-refractivity contribution in [3.05, 3.63) is 0 Å². The second kappa shape index (κ2) is 6.86. The molecular formula is C10H18O8. The molecule has 3 N–H and O–H groups in total. The number of carbonyl (C=O) groups is 1. The van der Waals surface area contributed by atoms with Crippen molar-refractivity contribution in [2.24, 2.45) is 0 Å². The van der Waals surface area contributed by atoms with Gasteiger partial charge < -0.3 is 34.3 Å². The van der Waals surface area contributed by atoms with Crippen LogP contribution in [0.1, 0.15) is 6.92 Å². The molecular weight excluding hydrogens is 248 g/mol. The van der Waals surface area contributed by atoms with Crippen LogP contribution in [0, 0.1) is 0 Å². The van der Waals surface area contributed by atoms with Crippen LogP contribution >= 0.6 is 0 Å². The number of aliphatic hydroxyl groups is 3. The third kappa shape index (κ3) is 3.30. The van der Waals surface area contributed by atoms with E-state index in [0.29, 0.717) is 0 Å². The first-order chi connectivity index (χ1) is 8.54. The normalized spacial score (nSPS) is 36.2. The van der Waals surface area contributed by atoms with Gasteiger partial charge in [0, 0.05) is 7.11 Å². The fourth-order valence-electron chi connectivity index (χ4n) is 1.63. The smallest absolute Gasteiger partial charge is 0.435 e. The molecule has 8 heteroatoms. The lowest BCUT2D eigenvalue weighted by molar-refractivity contribution is -0.295. The minimum atomic E-state index is -1.44. The third-order valence-electron chi connectivity index (χ3n) is 2.55. The Balaban J connectivity index is 2.71. The minimum Gasteiger partial charge on any atom is -0.435 e. The van der Waals surface area contributed by atoms with E-state index in [9.17, 15) is 15.0 Å². The molecule has 0 radical (unpaired) electrons. The number of carbonyl (C=O) groups excluding carboxylic acids is 1. The van der Waals surface area contributed by atoms with Gasteiger partial charge in [-0.15, -0.1) is 0 Å². The Morgan fingerprint density at radius 1 is 1.33 bits per heavy atom. The lowest BCUT2D eigenvalue weighted by Crippen LogP contribution is -2.60. The molecule has 0 aromatic heterocycles. The molecule has 0 amide bonds. The van der Waals surface area contributed by atoms with E-state index in [-0.39, 0.29) is 6.61 Å². The molecule has 0 aromatic rings. The van der Waals surface area contributed by atoms with Crippen LogP contribution in [0.3, 0.4) is 0 Å². The van der Waals surface area contributed by atoms with Crippen LogP contribution in [0.25, 0.3) is 0 Å². The van der Waals surface area contributed by atoms with Crippen molar-refractivity contribution in [2.75, 3.05) is 20.3 Å². The standard InChI is InChI=1S/C10H18O8/c1-3-16-10(14)18-8-7(13)6(12)5(4-11)17-9(8)15-2/h5-9,11-13H,3-4H2,1-2H3/t5-,6-,7+,8-,9-/m1/s1. The summed E-state index contributed by atoms with van der Waals surface area (Å²) in [7, 11) is 1.28. The topological polar surface area (TPSA) is 115 Å². The Hall–Kier alpha value is -0.930. The summed E-state index contributed by atoms with van der Waals surface area (Å²) >= 11 is 0. The Morgan fingerprint density at radius 3 is 2.50 bits per heavy atom. The number of aliphatic hydroxyl groups excluding tert-OH is 3. The molecule has 106 valence electrons. The lowest BCUT2D eigenvalue weighted by Gasteiger charge is -2.40. The zero-order valence-electron chi connectivity index (χ0n) is 10.2. The Morgan fingerprint density at radius 2 is 2.00 bits per heavy atom. The van der Waals surface area contributed by atoms with Gasteiger partial charge in [-0.3, -0.25) is 0 Å². The summed E-state index contributed by atoms with van der Waals surface area (Å²) in [5.41, 5.74) is 0. The van der Waals surface area contributed by atoms with Gasteiger partial charge in [-0.1, -0.05) is 0 Å². The van der Waals surface area contributed by atoms with Crippen molar-refractivity contribution >= 4 is 6.16 Å². The molecule has 0 aliphatic carbocycles. The lowest BCUT2D eigenvalue weighted by atomic mass is 9.99. The van der Waals surface area contributed by atoms with E-state index in [4.69, 9.17) is 19.3 Å². The van der Waals surface area contributed by atoms with Gasteiger partial charge in [0.05, 0.1) is 13.2 Å². The van der Waals surface area contributed by atoms with Crippen molar-refractivity contribution < 1.29 is 39.1 Å². The molecule has 0 saturated carbocycles. The number of hydrogen-bond donors (Lipinski definition) is 3. The predicted octanol–water partition coefficient (Wildman–Crippen LogP) is -1.39. The SMILES string of the molecule is CCOC(=O)O[C@H]1[C@H](OC)O[C@H](CO)[C@@H](O)[C@@H]1O. The molecule has 0 spiro atoms. The second-order valence-electron chi connectivity index (χ2n) is 3.71. The predicted molar refractivity (Wildman–Crippen MR) is 56.7 cm³/mol. The highest BCUT2D eigenvalue weighted by atomic mass is 16.8. The molecule has 0 aromatic carbocycles. The first-order valence-electron chi connectivity index (χ1n) is 5.53. The number of hydrogen-bond acceptors (Lipinski definition) is 8. The highest BCUT2D eigenvalue weighted by Gasteiger charge is 2.47. The van der Waals surface area contributed by atoms with Crippen LogP contribution in [-0.2, 0) is 18.9 Å². The number of methoxy groups -OCH3 is 1. The average molecular weight is 266 g/mol. The molecule has 1 fully saturated rings. The summed E-state index contributed by atoms with van der Waals surface area (Å²) in [5.74, 6) is 0. The highest BCUT2D eigenvalue weighted by molar-refractivity contribution is 5.60.